The van der Waals surface area contributed by atoms with Gasteiger partial charge in [-0.25, -0.2) is 4.79 Å². The quantitative estimate of drug-likeness (QED) is 0.545. The van der Waals surface area contributed by atoms with Gasteiger partial charge in [0.15, 0.2) is 0 Å². The minimum Gasteiger partial charge on any atom is -0.481 e. The average molecular weight is 320 g/mol. The summed E-state index contributed by atoms with van der Waals surface area (Å²) in [5.74, 6) is 7.28. The fourth-order valence-corrected chi connectivity index (χ4v) is 2.12. The first-order valence-electron chi connectivity index (χ1n) is 7.53. The first-order valence-corrected chi connectivity index (χ1v) is 7.53. The third-order valence-electron chi connectivity index (χ3n) is 3.36. The lowest BCUT2D eigenvalue weighted by molar-refractivity contribution is 0.362. The summed E-state index contributed by atoms with van der Waals surface area (Å²) in [6.07, 6.45) is 0. The second kappa shape index (κ2) is 7.38. The molecule has 0 aliphatic heterocycles. The molecule has 0 N–H and O–H groups in total. The number of aryl methyl sites for hydroxylation is 1. The Kier molecular flexibility index (Phi) is 4.83. The monoisotopic (exact) mass is 320 g/mol. The molecule has 4 nitrogen and oxygen atoms in total. The van der Waals surface area contributed by atoms with Crippen molar-refractivity contribution in [1.82, 2.24) is 0 Å². The summed E-state index contributed by atoms with van der Waals surface area (Å²) < 4.78 is 16.1. The number of fused-ring (bicyclic) bond motifs is 1. The van der Waals surface area contributed by atoms with Crippen molar-refractivity contribution in [3.8, 4) is 23.3 Å². The van der Waals surface area contributed by atoms with Crippen molar-refractivity contribution in [2.24, 2.45) is 0 Å². The first kappa shape index (κ1) is 15.7. The molecule has 0 radical (unpaired) electrons. The normalized spacial score (nSPS) is 10.0. The third kappa shape index (κ3) is 4.17. The van der Waals surface area contributed by atoms with Crippen LogP contribution in [0.15, 0.2) is 63.8 Å². The average Bonchev–Trinajstić information content (AvgIpc) is 2.59. The van der Waals surface area contributed by atoms with Crippen LogP contribution in [0.4, 0.5) is 0 Å². The number of rotatable bonds is 4. The molecule has 120 valence electrons. The number of hydrogen-bond donors (Lipinski definition) is 0. The summed E-state index contributed by atoms with van der Waals surface area (Å²) in [5.41, 5.74) is 1.36. The lowest BCUT2D eigenvalue weighted by Gasteiger charge is -2.03. The van der Waals surface area contributed by atoms with Gasteiger partial charge in [0.1, 0.15) is 30.3 Å². The molecule has 0 aliphatic carbocycles. The molecule has 2 aromatic carbocycles. The lowest BCUT2D eigenvalue weighted by atomic mass is 10.2. The van der Waals surface area contributed by atoms with Gasteiger partial charge in [-0.1, -0.05) is 29.5 Å². The maximum Gasteiger partial charge on any atom is 0.336 e. The molecule has 24 heavy (non-hydrogen) atoms. The van der Waals surface area contributed by atoms with E-state index in [0.717, 1.165) is 11.1 Å². The molecule has 0 fully saturated rings. The van der Waals surface area contributed by atoms with Crippen LogP contribution >= 0.6 is 0 Å². The van der Waals surface area contributed by atoms with E-state index in [4.69, 9.17) is 13.9 Å². The van der Waals surface area contributed by atoms with Crippen LogP contribution in [0, 0.1) is 18.8 Å². The Labute approximate surface area is 139 Å². The summed E-state index contributed by atoms with van der Waals surface area (Å²) in [6, 6.07) is 16.2. The van der Waals surface area contributed by atoms with Gasteiger partial charge in [0.2, 0.25) is 0 Å². The van der Waals surface area contributed by atoms with Crippen LogP contribution in [0.2, 0.25) is 0 Å². The molecule has 0 atom stereocenters. The zero-order valence-corrected chi connectivity index (χ0v) is 13.2. The second-order valence-electron chi connectivity index (χ2n) is 5.20. The molecule has 0 spiro atoms. The maximum atomic E-state index is 11.1. The molecular formula is C20H16O4. The molecule has 0 amide bonds. The minimum absolute atomic E-state index is 0.263. The van der Waals surface area contributed by atoms with Gasteiger partial charge in [-0.05, 0) is 43.3 Å². The van der Waals surface area contributed by atoms with Crippen molar-refractivity contribution < 1.29 is 13.9 Å². The van der Waals surface area contributed by atoms with E-state index in [1.54, 1.807) is 18.2 Å². The van der Waals surface area contributed by atoms with Crippen LogP contribution in [-0.4, -0.2) is 13.2 Å². The molecule has 4 heteroatoms. The first-order chi connectivity index (χ1) is 11.7. The molecule has 1 aromatic heterocycles. The molecule has 0 saturated carbocycles. The summed E-state index contributed by atoms with van der Waals surface area (Å²) >= 11 is 0. The highest BCUT2D eigenvalue weighted by atomic mass is 16.5. The number of benzene rings is 2. The van der Waals surface area contributed by atoms with Crippen molar-refractivity contribution in [1.29, 1.82) is 0 Å². The largest absolute Gasteiger partial charge is 0.481 e. The number of ether oxygens (including phenoxy) is 2. The van der Waals surface area contributed by atoms with Crippen molar-refractivity contribution in [3.63, 3.8) is 0 Å². The molecular weight excluding hydrogens is 304 g/mol. The molecule has 0 unspecified atom stereocenters. The van der Waals surface area contributed by atoms with Gasteiger partial charge < -0.3 is 13.9 Å². The molecule has 0 saturated heterocycles. The van der Waals surface area contributed by atoms with Gasteiger partial charge >= 0.3 is 5.63 Å². The van der Waals surface area contributed by atoms with Crippen LogP contribution in [0.3, 0.4) is 0 Å². The summed E-state index contributed by atoms with van der Waals surface area (Å²) in [7, 11) is 0. The standard InChI is InChI=1S/C20H16O4/c1-15-4-7-17(8-5-15)22-12-2-3-13-23-18-9-10-19-16(14-18)6-11-20(21)24-19/h4-11,14H,12-13H2,1H3. The van der Waals surface area contributed by atoms with Gasteiger partial charge in [-0.3, -0.25) is 0 Å². The van der Waals surface area contributed by atoms with E-state index in [-0.39, 0.29) is 12.2 Å². The van der Waals surface area contributed by atoms with Crippen molar-refractivity contribution in [2.45, 2.75) is 6.92 Å². The second-order valence-corrected chi connectivity index (χ2v) is 5.20. The Morgan fingerprint density at radius 3 is 2.29 bits per heavy atom. The van der Waals surface area contributed by atoms with Gasteiger partial charge in [0.05, 0.1) is 0 Å². The summed E-state index contributed by atoms with van der Waals surface area (Å²) in [6.45, 7) is 2.61. The van der Waals surface area contributed by atoms with Crippen molar-refractivity contribution in [2.75, 3.05) is 13.2 Å². The van der Waals surface area contributed by atoms with E-state index in [9.17, 15) is 4.79 Å². The van der Waals surface area contributed by atoms with Crippen LogP contribution in [0.1, 0.15) is 5.56 Å². The van der Waals surface area contributed by atoms with E-state index in [0.29, 0.717) is 17.9 Å². The van der Waals surface area contributed by atoms with Gasteiger partial charge in [0, 0.05) is 11.5 Å². The van der Waals surface area contributed by atoms with E-state index >= 15 is 0 Å². The third-order valence-corrected chi connectivity index (χ3v) is 3.36. The number of hydrogen-bond acceptors (Lipinski definition) is 4. The van der Waals surface area contributed by atoms with E-state index in [2.05, 4.69) is 11.8 Å². The molecule has 3 aromatic rings. The fraction of sp³-hybridized carbons (Fsp3) is 0.150. The smallest absolute Gasteiger partial charge is 0.336 e. The highest BCUT2D eigenvalue weighted by Crippen LogP contribution is 2.19. The Hall–Kier alpha value is -3.19. The highest BCUT2D eigenvalue weighted by molar-refractivity contribution is 5.77. The fourth-order valence-electron chi connectivity index (χ4n) is 2.12. The van der Waals surface area contributed by atoms with Crippen LogP contribution in [-0.2, 0) is 0 Å². The van der Waals surface area contributed by atoms with Crippen molar-refractivity contribution >= 4 is 11.0 Å². The Bertz CT molecular complexity index is 943. The van der Waals surface area contributed by atoms with Crippen LogP contribution in [0.5, 0.6) is 11.5 Å². The van der Waals surface area contributed by atoms with Crippen LogP contribution < -0.4 is 15.1 Å². The Balaban J connectivity index is 1.50. The predicted octanol–water partition coefficient (Wildman–Crippen LogP) is 3.56. The topological polar surface area (TPSA) is 48.7 Å². The van der Waals surface area contributed by atoms with Gasteiger partial charge in [0.25, 0.3) is 0 Å². The van der Waals surface area contributed by atoms with Crippen molar-refractivity contribution in [3.05, 3.63) is 70.6 Å². The zero-order chi connectivity index (χ0) is 16.8. The zero-order valence-electron chi connectivity index (χ0n) is 13.2. The molecule has 0 bridgehead atoms. The minimum atomic E-state index is -0.365. The van der Waals surface area contributed by atoms with Gasteiger partial charge in [-0.15, -0.1) is 0 Å². The molecule has 0 aliphatic rings. The SMILES string of the molecule is Cc1ccc(OCC#CCOc2ccc3oc(=O)ccc3c2)cc1. The highest BCUT2D eigenvalue weighted by Gasteiger charge is 1.99. The molecule has 3 rings (SSSR count). The molecule has 1 heterocycles. The van der Waals surface area contributed by atoms with E-state index < -0.39 is 0 Å². The Morgan fingerprint density at radius 2 is 1.54 bits per heavy atom. The van der Waals surface area contributed by atoms with E-state index in [1.807, 2.05) is 37.3 Å². The lowest BCUT2D eigenvalue weighted by Crippen LogP contribution is -1.98. The maximum absolute atomic E-state index is 11.1. The van der Waals surface area contributed by atoms with Gasteiger partial charge in [-0.2, -0.15) is 0 Å². The van der Waals surface area contributed by atoms with E-state index in [1.165, 1.54) is 11.6 Å². The summed E-state index contributed by atoms with van der Waals surface area (Å²) in [4.78, 5) is 11.1. The van der Waals surface area contributed by atoms with Crippen LogP contribution in [0.25, 0.3) is 11.0 Å². The Morgan fingerprint density at radius 1 is 0.875 bits per heavy atom. The predicted molar refractivity (Wildman–Crippen MR) is 92.4 cm³/mol. The summed E-state index contributed by atoms with van der Waals surface area (Å²) in [5, 5.41) is 0.808.